The van der Waals surface area contributed by atoms with Crippen LogP contribution in [0.15, 0.2) is 16.7 Å². The molecule has 25 heavy (non-hydrogen) atoms. The number of benzene rings is 1. The van der Waals surface area contributed by atoms with E-state index in [1.54, 1.807) is 0 Å². The Morgan fingerprint density at radius 1 is 1.32 bits per heavy atom. The molecule has 0 aliphatic rings. The average Bonchev–Trinajstić information content (AvgIpc) is 2.54. The number of halogens is 1. The van der Waals surface area contributed by atoms with Crippen LogP contribution in [0.4, 0.5) is 5.69 Å². The number of aryl methyl sites for hydroxylation is 1. The minimum atomic E-state index is -0.814. The first kappa shape index (κ1) is 18.4. The number of nitrogens with zero attached hydrogens (tertiary/aromatic N) is 3. The van der Waals surface area contributed by atoms with Gasteiger partial charge in [-0.25, -0.2) is 4.98 Å². The van der Waals surface area contributed by atoms with Crippen molar-refractivity contribution >= 4 is 33.3 Å². The van der Waals surface area contributed by atoms with E-state index in [1.165, 1.54) is 6.08 Å². The summed E-state index contributed by atoms with van der Waals surface area (Å²) in [6.07, 6.45) is 1.40. The first-order chi connectivity index (χ1) is 11.7. The summed E-state index contributed by atoms with van der Waals surface area (Å²) in [6.45, 7) is 5.60. The summed E-state index contributed by atoms with van der Waals surface area (Å²) in [4.78, 5) is 14.5. The zero-order valence-electron chi connectivity index (χ0n) is 13.7. The fourth-order valence-electron chi connectivity index (χ4n) is 2.39. The minimum absolute atomic E-state index is 0.211. The van der Waals surface area contributed by atoms with Crippen LogP contribution in [0.3, 0.4) is 0 Å². The van der Waals surface area contributed by atoms with Crippen molar-refractivity contribution < 1.29 is 15.1 Å². The van der Waals surface area contributed by atoms with Crippen LogP contribution in [-0.4, -0.2) is 20.1 Å². The third-order valence-electron chi connectivity index (χ3n) is 3.94. The molecule has 1 aromatic carbocycles. The first-order valence-electron chi connectivity index (χ1n) is 7.13. The molecule has 7 nitrogen and oxygen atoms in total. The van der Waals surface area contributed by atoms with Gasteiger partial charge >= 0.3 is 5.69 Å². The minimum Gasteiger partial charge on any atom is -0.504 e. The molecular weight excluding hydrogens is 390 g/mol. The highest BCUT2D eigenvalue weighted by atomic mass is 79.9. The van der Waals surface area contributed by atoms with Crippen LogP contribution in [-0.2, 0) is 0 Å². The first-order valence-corrected chi connectivity index (χ1v) is 7.92. The number of aromatic nitrogens is 1. The topological polar surface area (TPSA) is 120 Å². The molecule has 0 amide bonds. The lowest BCUT2D eigenvalue weighted by atomic mass is 9.97. The molecule has 0 unspecified atom stereocenters. The number of pyridine rings is 1. The standard InChI is InChI=1S/C17H14BrN3O4/c1-8-9(2)15(17(18)20-10(8)3)12(7-19)4-11-5-13(21(24)25)16(23)14(22)6-11/h4-6,22-23H,1-3H3. The van der Waals surface area contributed by atoms with Gasteiger partial charge in [0.1, 0.15) is 4.60 Å². The molecule has 2 aromatic rings. The smallest absolute Gasteiger partial charge is 0.315 e. The molecule has 1 aromatic heterocycles. The Hall–Kier alpha value is -2.92. The number of hydrogen-bond acceptors (Lipinski definition) is 6. The SMILES string of the molecule is Cc1nc(Br)c(C(C#N)=Cc2cc(O)c(O)c([N+](=O)[O-])c2)c(C)c1C. The summed E-state index contributed by atoms with van der Waals surface area (Å²) >= 11 is 3.35. The maximum absolute atomic E-state index is 11.0. The normalized spacial score (nSPS) is 11.2. The number of allylic oxidation sites excluding steroid dienone is 1. The summed E-state index contributed by atoms with van der Waals surface area (Å²) in [7, 11) is 0. The van der Waals surface area contributed by atoms with Crippen molar-refractivity contribution in [2.75, 3.05) is 0 Å². The molecule has 0 aliphatic heterocycles. The number of phenolic OH excluding ortho intramolecular Hbond substituents is 2. The Kier molecular flexibility index (Phi) is 5.09. The molecule has 0 aliphatic carbocycles. The molecule has 128 valence electrons. The van der Waals surface area contributed by atoms with Crippen LogP contribution in [0.5, 0.6) is 11.5 Å². The van der Waals surface area contributed by atoms with Crippen molar-refractivity contribution in [3.05, 3.63) is 54.8 Å². The predicted molar refractivity (Wildman–Crippen MR) is 96.1 cm³/mol. The molecule has 0 spiro atoms. The van der Waals surface area contributed by atoms with Gasteiger partial charge in [-0.05, 0) is 65.5 Å². The van der Waals surface area contributed by atoms with E-state index in [4.69, 9.17) is 0 Å². The maximum atomic E-state index is 11.0. The molecular formula is C17H14BrN3O4. The Morgan fingerprint density at radius 3 is 2.52 bits per heavy atom. The monoisotopic (exact) mass is 403 g/mol. The van der Waals surface area contributed by atoms with E-state index >= 15 is 0 Å². The van der Waals surface area contributed by atoms with Gasteiger partial charge in [0.05, 0.1) is 16.6 Å². The summed E-state index contributed by atoms with van der Waals surface area (Å²) in [5.41, 5.74) is 2.97. The number of rotatable bonds is 3. The van der Waals surface area contributed by atoms with Crippen LogP contribution in [0.25, 0.3) is 11.6 Å². The van der Waals surface area contributed by atoms with Crippen molar-refractivity contribution in [2.45, 2.75) is 20.8 Å². The molecule has 0 atom stereocenters. The highest BCUT2D eigenvalue weighted by molar-refractivity contribution is 9.10. The molecule has 2 N–H and O–H groups in total. The average molecular weight is 404 g/mol. The molecule has 2 rings (SSSR count). The van der Waals surface area contributed by atoms with Crippen molar-refractivity contribution in [3.8, 4) is 17.6 Å². The molecule has 0 fully saturated rings. The molecule has 0 saturated heterocycles. The number of nitro groups is 1. The van der Waals surface area contributed by atoms with Crippen LogP contribution in [0.2, 0.25) is 0 Å². The second kappa shape index (κ2) is 6.91. The zero-order chi connectivity index (χ0) is 18.9. The third-order valence-corrected chi connectivity index (χ3v) is 4.52. The van der Waals surface area contributed by atoms with E-state index in [0.29, 0.717) is 10.2 Å². The number of nitro benzene ring substituents is 1. The van der Waals surface area contributed by atoms with E-state index < -0.39 is 22.1 Å². The van der Waals surface area contributed by atoms with Crippen LogP contribution < -0.4 is 0 Å². The van der Waals surface area contributed by atoms with E-state index in [9.17, 15) is 25.6 Å². The molecule has 1 heterocycles. The number of aromatic hydroxyl groups is 2. The summed E-state index contributed by atoms with van der Waals surface area (Å²) in [6, 6.07) is 4.29. The maximum Gasteiger partial charge on any atom is 0.315 e. The highest BCUT2D eigenvalue weighted by Gasteiger charge is 2.20. The van der Waals surface area contributed by atoms with Crippen molar-refractivity contribution in [1.29, 1.82) is 5.26 Å². The highest BCUT2D eigenvalue weighted by Crippen LogP contribution is 2.38. The Balaban J connectivity index is 2.71. The fourth-order valence-corrected chi connectivity index (χ4v) is 3.17. The van der Waals surface area contributed by atoms with Gasteiger partial charge in [0.15, 0.2) is 5.75 Å². The van der Waals surface area contributed by atoms with Crippen LogP contribution in [0, 0.1) is 42.2 Å². The van der Waals surface area contributed by atoms with Crippen LogP contribution >= 0.6 is 15.9 Å². The predicted octanol–water partition coefficient (Wildman–Crippen LogP) is 4.15. The lowest BCUT2D eigenvalue weighted by Crippen LogP contribution is -1.99. The third kappa shape index (κ3) is 3.46. The van der Waals surface area contributed by atoms with Gasteiger partial charge in [0.2, 0.25) is 5.75 Å². The Bertz CT molecular complexity index is 962. The van der Waals surface area contributed by atoms with Crippen molar-refractivity contribution in [2.24, 2.45) is 0 Å². The molecule has 0 saturated carbocycles. The van der Waals surface area contributed by atoms with Gasteiger partial charge < -0.3 is 10.2 Å². The lowest BCUT2D eigenvalue weighted by molar-refractivity contribution is -0.386. The lowest BCUT2D eigenvalue weighted by Gasteiger charge is -2.12. The van der Waals surface area contributed by atoms with E-state index in [1.807, 2.05) is 20.8 Å². The second-order valence-corrected chi connectivity index (χ2v) is 6.20. The molecule has 0 radical (unpaired) electrons. The summed E-state index contributed by atoms with van der Waals surface area (Å²) in [5.74, 6) is -1.45. The van der Waals surface area contributed by atoms with E-state index in [2.05, 4.69) is 27.0 Å². The second-order valence-electron chi connectivity index (χ2n) is 5.45. The number of hydrogen-bond donors (Lipinski definition) is 2. The van der Waals surface area contributed by atoms with Gasteiger partial charge in [-0.3, -0.25) is 10.1 Å². The number of nitriles is 1. The van der Waals surface area contributed by atoms with Gasteiger partial charge in [0.25, 0.3) is 0 Å². The molecule has 8 heteroatoms. The zero-order valence-corrected chi connectivity index (χ0v) is 15.2. The van der Waals surface area contributed by atoms with Gasteiger partial charge in [-0.15, -0.1) is 0 Å². The Labute approximate surface area is 152 Å². The van der Waals surface area contributed by atoms with E-state index in [-0.39, 0.29) is 11.1 Å². The van der Waals surface area contributed by atoms with Crippen molar-refractivity contribution in [1.82, 2.24) is 4.98 Å². The largest absolute Gasteiger partial charge is 0.504 e. The van der Waals surface area contributed by atoms with Crippen molar-refractivity contribution in [3.63, 3.8) is 0 Å². The van der Waals surface area contributed by atoms with E-state index in [0.717, 1.165) is 29.0 Å². The van der Waals surface area contributed by atoms with Crippen LogP contribution in [0.1, 0.15) is 27.9 Å². The number of phenols is 2. The van der Waals surface area contributed by atoms with Gasteiger partial charge in [0, 0.05) is 17.3 Å². The van der Waals surface area contributed by atoms with Gasteiger partial charge in [-0.2, -0.15) is 5.26 Å². The quantitative estimate of drug-likeness (QED) is 0.261. The Morgan fingerprint density at radius 2 is 1.96 bits per heavy atom. The van der Waals surface area contributed by atoms with Gasteiger partial charge in [-0.1, -0.05) is 0 Å². The molecule has 0 bridgehead atoms. The summed E-state index contributed by atoms with van der Waals surface area (Å²) < 4.78 is 0.485. The summed E-state index contributed by atoms with van der Waals surface area (Å²) in [5, 5.41) is 39.8. The fraction of sp³-hybridized carbons (Fsp3) is 0.176.